The van der Waals surface area contributed by atoms with Crippen molar-refractivity contribution in [3.8, 4) is 0 Å². The van der Waals surface area contributed by atoms with Crippen molar-refractivity contribution in [3.05, 3.63) is 0 Å². The highest BCUT2D eigenvalue weighted by molar-refractivity contribution is 6.01. The van der Waals surface area contributed by atoms with Gasteiger partial charge in [0, 0.05) is 12.6 Å². The molecule has 0 aromatic rings. The van der Waals surface area contributed by atoms with Gasteiger partial charge in [-0.15, -0.1) is 0 Å². The van der Waals surface area contributed by atoms with Crippen LogP contribution in [0.2, 0.25) is 0 Å². The number of hydrogen-bond donors (Lipinski definition) is 2. The van der Waals surface area contributed by atoms with Gasteiger partial charge >= 0.3 is 0 Å². The highest BCUT2D eigenvalue weighted by Crippen LogP contribution is 2.68. The average molecular weight is 308 g/mol. The van der Waals surface area contributed by atoms with Crippen molar-refractivity contribution in [3.63, 3.8) is 0 Å². The molecule has 0 amide bonds. The molecule has 4 unspecified atom stereocenters. The van der Waals surface area contributed by atoms with Crippen LogP contribution >= 0.6 is 0 Å². The molecule has 3 fully saturated rings. The number of Topliss-reactive ketones (excluding diaryl/α,β-unsaturated/α-hetero) is 1. The van der Waals surface area contributed by atoms with E-state index in [0.29, 0.717) is 12.0 Å². The third-order valence-corrected chi connectivity index (χ3v) is 6.10. The van der Waals surface area contributed by atoms with Crippen LogP contribution in [0.5, 0.6) is 0 Å². The lowest BCUT2D eigenvalue weighted by Gasteiger charge is -2.42. The second-order valence-electron chi connectivity index (χ2n) is 9.23. The molecular formula is C18H32N2O2. The second-order valence-corrected chi connectivity index (χ2v) is 9.23. The second kappa shape index (κ2) is 4.78. The predicted octanol–water partition coefficient (Wildman–Crippen LogP) is 2.27. The number of hydrogen-bond acceptors (Lipinski definition) is 4. The standard InChI is InChI=1S/C18H32N2O2/c1-15(2,3)22-17(6)9-7-13-16(4,5)18(13,14(17)21)20-12-8-10-19-11-12/h12-13,19-20H,7-11H2,1-6H3. The van der Waals surface area contributed by atoms with Crippen LogP contribution in [-0.4, -0.2) is 41.7 Å². The molecule has 0 spiro atoms. The molecule has 2 N–H and O–H groups in total. The van der Waals surface area contributed by atoms with Crippen LogP contribution in [0.4, 0.5) is 0 Å². The van der Waals surface area contributed by atoms with E-state index >= 15 is 0 Å². The quantitative estimate of drug-likeness (QED) is 0.840. The van der Waals surface area contributed by atoms with Gasteiger partial charge in [0.25, 0.3) is 0 Å². The Labute approximate surface area is 134 Å². The molecule has 0 bridgehead atoms. The van der Waals surface area contributed by atoms with Crippen LogP contribution in [0.15, 0.2) is 0 Å². The summed E-state index contributed by atoms with van der Waals surface area (Å²) in [6.45, 7) is 14.6. The highest BCUT2D eigenvalue weighted by atomic mass is 16.5. The van der Waals surface area contributed by atoms with Gasteiger partial charge in [-0.25, -0.2) is 0 Å². The van der Waals surface area contributed by atoms with Crippen LogP contribution in [0.25, 0.3) is 0 Å². The fourth-order valence-electron chi connectivity index (χ4n) is 5.07. The molecular weight excluding hydrogens is 276 g/mol. The molecule has 4 nitrogen and oxygen atoms in total. The fourth-order valence-corrected chi connectivity index (χ4v) is 5.07. The zero-order chi connectivity index (χ0) is 16.4. The summed E-state index contributed by atoms with van der Waals surface area (Å²) in [4.78, 5) is 13.5. The number of fused-ring (bicyclic) bond motifs is 1. The van der Waals surface area contributed by atoms with Gasteiger partial charge in [-0.05, 0) is 64.8 Å². The zero-order valence-electron chi connectivity index (χ0n) is 15.0. The van der Waals surface area contributed by atoms with Gasteiger partial charge in [0.15, 0.2) is 5.78 Å². The van der Waals surface area contributed by atoms with Gasteiger partial charge in [-0.1, -0.05) is 13.8 Å². The minimum Gasteiger partial charge on any atom is -0.362 e. The van der Waals surface area contributed by atoms with E-state index in [9.17, 15) is 4.79 Å². The first-order valence-electron chi connectivity index (χ1n) is 8.76. The number of carbonyl (C=O) groups is 1. The molecule has 0 aromatic carbocycles. The summed E-state index contributed by atoms with van der Waals surface area (Å²) < 4.78 is 6.25. The van der Waals surface area contributed by atoms with Crippen molar-refractivity contribution in [2.24, 2.45) is 11.3 Å². The molecule has 126 valence electrons. The van der Waals surface area contributed by atoms with Gasteiger partial charge in [0.05, 0.1) is 11.1 Å². The summed E-state index contributed by atoms with van der Waals surface area (Å²) in [6.07, 6.45) is 3.01. The number of ketones is 1. The smallest absolute Gasteiger partial charge is 0.185 e. The molecule has 3 aliphatic rings. The monoisotopic (exact) mass is 308 g/mol. The van der Waals surface area contributed by atoms with E-state index in [1.807, 2.05) is 27.7 Å². The minimum absolute atomic E-state index is 0.0334. The average Bonchev–Trinajstić information content (AvgIpc) is 2.74. The van der Waals surface area contributed by atoms with E-state index < -0.39 is 5.60 Å². The normalized spacial score (nSPS) is 44.0. The summed E-state index contributed by atoms with van der Waals surface area (Å²) in [6, 6.07) is 0.408. The first kappa shape index (κ1) is 16.4. The third kappa shape index (κ3) is 2.26. The SMILES string of the molecule is CC(C)(C)OC1(C)CCC2C(C)(C)C2(NC2CCNC2)C1=O. The Morgan fingerprint density at radius 3 is 2.45 bits per heavy atom. The van der Waals surface area contributed by atoms with Gasteiger partial charge in [0.1, 0.15) is 5.60 Å². The topological polar surface area (TPSA) is 50.4 Å². The molecule has 2 saturated carbocycles. The molecule has 1 aliphatic heterocycles. The Bertz CT molecular complexity index is 476. The number of rotatable bonds is 3. The molecule has 2 aliphatic carbocycles. The van der Waals surface area contributed by atoms with E-state index in [1.54, 1.807) is 0 Å². The van der Waals surface area contributed by atoms with E-state index in [-0.39, 0.29) is 22.3 Å². The van der Waals surface area contributed by atoms with E-state index in [2.05, 4.69) is 24.5 Å². The van der Waals surface area contributed by atoms with Crippen molar-refractivity contribution >= 4 is 5.78 Å². The lowest BCUT2D eigenvalue weighted by atomic mass is 9.80. The Hall–Kier alpha value is -0.450. The molecule has 4 heteroatoms. The van der Waals surface area contributed by atoms with Crippen molar-refractivity contribution in [1.82, 2.24) is 10.6 Å². The third-order valence-electron chi connectivity index (χ3n) is 6.10. The predicted molar refractivity (Wildman–Crippen MR) is 87.9 cm³/mol. The van der Waals surface area contributed by atoms with Crippen LogP contribution in [0.1, 0.15) is 60.8 Å². The maximum absolute atomic E-state index is 13.5. The maximum Gasteiger partial charge on any atom is 0.185 e. The van der Waals surface area contributed by atoms with Crippen molar-refractivity contribution in [1.29, 1.82) is 0 Å². The van der Waals surface area contributed by atoms with E-state index in [0.717, 1.165) is 32.4 Å². The van der Waals surface area contributed by atoms with Crippen LogP contribution in [0.3, 0.4) is 0 Å². The highest BCUT2D eigenvalue weighted by Gasteiger charge is 2.79. The minimum atomic E-state index is -0.665. The largest absolute Gasteiger partial charge is 0.362 e. The molecule has 0 radical (unpaired) electrons. The van der Waals surface area contributed by atoms with Crippen molar-refractivity contribution in [2.75, 3.05) is 13.1 Å². The van der Waals surface area contributed by atoms with Gasteiger partial charge < -0.3 is 15.4 Å². The first-order chi connectivity index (χ1) is 10.0. The first-order valence-corrected chi connectivity index (χ1v) is 8.76. The van der Waals surface area contributed by atoms with Crippen molar-refractivity contribution in [2.45, 2.75) is 83.6 Å². The number of carbonyl (C=O) groups excluding carboxylic acids is 1. The summed E-state index contributed by atoms with van der Waals surface area (Å²) in [5.74, 6) is 0.729. The molecule has 1 saturated heterocycles. The van der Waals surface area contributed by atoms with Gasteiger partial charge in [-0.3, -0.25) is 4.79 Å². The number of nitrogens with one attached hydrogen (secondary N) is 2. The summed E-state index contributed by atoms with van der Waals surface area (Å²) in [7, 11) is 0. The lowest BCUT2D eigenvalue weighted by Crippen LogP contribution is -2.61. The molecule has 1 heterocycles. The van der Waals surface area contributed by atoms with Gasteiger partial charge in [0.2, 0.25) is 0 Å². The molecule has 3 rings (SSSR count). The maximum atomic E-state index is 13.5. The van der Waals surface area contributed by atoms with E-state index in [1.165, 1.54) is 0 Å². The fraction of sp³-hybridized carbons (Fsp3) is 0.944. The van der Waals surface area contributed by atoms with Crippen molar-refractivity contribution < 1.29 is 9.53 Å². The van der Waals surface area contributed by atoms with Gasteiger partial charge in [-0.2, -0.15) is 0 Å². The molecule has 4 atom stereocenters. The Morgan fingerprint density at radius 2 is 1.91 bits per heavy atom. The zero-order valence-corrected chi connectivity index (χ0v) is 15.0. The Balaban J connectivity index is 1.87. The van der Waals surface area contributed by atoms with Crippen LogP contribution in [0, 0.1) is 11.3 Å². The van der Waals surface area contributed by atoms with Crippen LogP contribution in [-0.2, 0) is 9.53 Å². The Kier molecular flexibility index (Phi) is 3.56. The summed E-state index contributed by atoms with van der Waals surface area (Å²) in [5, 5.41) is 7.15. The van der Waals surface area contributed by atoms with Crippen LogP contribution < -0.4 is 10.6 Å². The lowest BCUT2D eigenvalue weighted by molar-refractivity contribution is -0.171. The summed E-state index contributed by atoms with van der Waals surface area (Å²) in [5.41, 5.74) is -1.32. The van der Waals surface area contributed by atoms with E-state index in [4.69, 9.17) is 4.74 Å². The Morgan fingerprint density at radius 1 is 1.23 bits per heavy atom. The molecule has 22 heavy (non-hydrogen) atoms. The summed E-state index contributed by atoms with van der Waals surface area (Å²) >= 11 is 0. The molecule has 0 aromatic heterocycles. The number of ether oxygens (including phenoxy) is 1.